The summed E-state index contributed by atoms with van der Waals surface area (Å²) in [7, 11) is 0. The molecule has 4 nitrogen and oxygen atoms in total. The zero-order chi connectivity index (χ0) is 10.4. The number of carbonyl (C=O) groups is 1. The van der Waals surface area contributed by atoms with Crippen LogP contribution in [0.2, 0.25) is 0 Å². The van der Waals surface area contributed by atoms with E-state index in [1.165, 1.54) is 6.08 Å². The van der Waals surface area contributed by atoms with Gasteiger partial charge in [-0.05, 0) is 31.6 Å². The van der Waals surface area contributed by atoms with Gasteiger partial charge in [0, 0.05) is 6.08 Å². The number of nitriles is 1. The molecule has 1 amide bonds. The lowest BCUT2D eigenvalue weighted by Crippen LogP contribution is -2.27. The summed E-state index contributed by atoms with van der Waals surface area (Å²) in [6.07, 6.45) is 6.29. The smallest absolute Gasteiger partial charge is 0.404 e. The van der Waals surface area contributed by atoms with E-state index in [1.54, 1.807) is 0 Å². The summed E-state index contributed by atoms with van der Waals surface area (Å²) in [5, 5.41) is 8.37. The van der Waals surface area contributed by atoms with Crippen LogP contribution in [0.15, 0.2) is 12.2 Å². The van der Waals surface area contributed by atoms with Crippen molar-refractivity contribution in [2.24, 2.45) is 11.7 Å². The molecule has 0 aromatic carbocycles. The van der Waals surface area contributed by atoms with Crippen LogP contribution in [0.3, 0.4) is 0 Å². The van der Waals surface area contributed by atoms with Gasteiger partial charge in [0.15, 0.2) is 0 Å². The highest BCUT2D eigenvalue weighted by atomic mass is 16.6. The number of hydrogen-bond acceptors (Lipinski definition) is 3. The maximum Gasteiger partial charge on any atom is 0.404 e. The van der Waals surface area contributed by atoms with Crippen LogP contribution in [0, 0.1) is 17.2 Å². The van der Waals surface area contributed by atoms with Crippen LogP contribution in [0.25, 0.3) is 0 Å². The molecular weight excluding hydrogens is 180 g/mol. The summed E-state index contributed by atoms with van der Waals surface area (Å²) in [6.45, 7) is 0. The molecule has 0 bridgehead atoms. The number of ether oxygens (including phenoxy) is 1. The van der Waals surface area contributed by atoms with Crippen LogP contribution in [-0.4, -0.2) is 12.2 Å². The van der Waals surface area contributed by atoms with E-state index in [1.807, 2.05) is 12.1 Å². The summed E-state index contributed by atoms with van der Waals surface area (Å²) in [5.41, 5.74) is 4.94. The third-order valence-corrected chi connectivity index (χ3v) is 2.39. The lowest BCUT2D eigenvalue weighted by atomic mass is 9.87. The van der Waals surface area contributed by atoms with Crippen LogP contribution in [0.5, 0.6) is 0 Å². The van der Waals surface area contributed by atoms with Crippen LogP contribution >= 0.6 is 0 Å². The first kappa shape index (κ1) is 10.6. The van der Waals surface area contributed by atoms with Crippen LogP contribution < -0.4 is 5.73 Å². The Morgan fingerprint density at radius 3 is 3.00 bits per heavy atom. The van der Waals surface area contributed by atoms with Crippen molar-refractivity contribution < 1.29 is 9.53 Å². The molecule has 0 aromatic rings. The van der Waals surface area contributed by atoms with Gasteiger partial charge in [-0.15, -0.1) is 0 Å². The largest absolute Gasteiger partial charge is 0.446 e. The van der Waals surface area contributed by atoms with Gasteiger partial charge in [0.2, 0.25) is 0 Å². The number of nitrogens with zero attached hydrogens (tertiary/aromatic N) is 1. The quantitative estimate of drug-likeness (QED) is 0.680. The first-order chi connectivity index (χ1) is 6.72. The Labute approximate surface area is 83.3 Å². The molecule has 2 unspecified atom stereocenters. The Kier molecular flexibility index (Phi) is 3.99. The highest BCUT2D eigenvalue weighted by molar-refractivity contribution is 5.64. The molecule has 1 aliphatic carbocycles. The molecule has 14 heavy (non-hydrogen) atoms. The number of allylic oxidation sites excluding steroid dienone is 2. The number of primary amides is 1. The van der Waals surface area contributed by atoms with Crippen molar-refractivity contribution in [3.05, 3.63) is 12.2 Å². The lowest BCUT2D eigenvalue weighted by molar-refractivity contribution is 0.0731. The number of hydrogen-bond donors (Lipinski definition) is 1. The fourth-order valence-corrected chi connectivity index (χ4v) is 1.81. The maximum absolute atomic E-state index is 10.5. The Balaban J connectivity index is 2.40. The second-order valence-electron chi connectivity index (χ2n) is 3.47. The first-order valence-corrected chi connectivity index (χ1v) is 4.74. The Morgan fingerprint density at radius 2 is 2.36 bits per heavy atom. The summed E-state index contributed by atoms with van der Waals surface area (Å²) in [4.78, 5) is 10.5. The molecule has 0 aliphatic heterocycles. The SMILES string of the molecule is N#CC=CC1CCCC(OC(N)=O)C1. The molecule has 1 fully saturated rings. The van der Waals surface area contributed by atoms with Gasteiger partial charge in [0.1, 0.15) is 6.10 Å². The fraction of sp³-hybridized carbons (Fsp3) is 0.600. The monoisotopic (exact) mass is 194 g/mol. The summed E-state index contributed by atoms with van der Waals surface area (Å²) in [5.74, 6) is 0.341. The topological polar surface area (TPSA) is 76.1 Å². The predicted octanol–water partition coefficient (Wildman–Crippen LogP) is 1.72. The first-order valence-electron chi connectivity index (χ1n) is 4.74. The fourth-order valence-electron chi connectivity index (χ4n) is 1.81. The second-order valence-corrected chi connectivity index (χ2v) is 3.47. The van der Waals surface area contributed by atoms with Crippen molar-refractivity contribution in [1.82, 2.24) is 0 Å². The molecule has 0 heterocycles. The highest BCUT2D eigenvalue weighted by Gasteiger charge is 2.22. The van der Waals surface area contributed by atoms with Crippen LogP contribution in [0.1, 0.15) is 25.7 Å². The summed E-state index contributed by atoms with van der Waals surface area (Å²) in [6, 6.07) is 1.96. The van der Waals surface area contributed by atoms with E-state index >= 15 is 0 Å². The molecule has 76 valence electrons. The standard InChI is InChI=1S/C10H14N2O2/c11-6-2-4-8-3-1-5-9(7-8)14-10(12)13/h2,4,8-9H,1,3,5,7H2,(H2,12,13). The van der Waals surface area contributed by atoms with Gasteiger partial charge in [-0.2, -0.15) is 5.26 Å². The van der Waals surface area contributed by atoms with Gasteiger partial charge in [0.05, 0.1) is 6.07 Å². The number of nitrogens with two attached hydrogens (primary N) is 1. The number of amides is 1. The van der Waals surface area contributed by atoms with E-state index in [0.717, 1.165) is 25.7 Å². The highest BCUT2D eigenvalue weighted by Crippen LogP contribution is 2.27. The molecule has 0 aromatic heterocycles. The molecule has 1 rings (SSSR count). The average Bonchev–Trinajstić information content (AvgIpc) is 2.14. The molecule has 0 spiro atoms. The Hall–Kier alpha value is -1.50. The van der Waals surface area contributed by atoms with Crippen molar-refractivity contribution in [3.8, 4) is 6.07 Å². The molecule has 4 heteroatoms. The molecule has 1 saturated carbocycles. The average molecular weight is 194 g/mol. The Morgan fingerprint density at radius 1 is 1.57 bits per heavy atom. The molecule has 0 radical (unpaired) electrons. The zero-order valence-electron chi connectivity index (χ0n) is 7.98. The maximum atomic E-state index is 10.5. The van der Waals surface area contributed by atoms with Gasteiger partial charge in [0.25, 0.3) is 0 Å². The number of carbonyl (C=O) groups excluding carboxylic acids is 1. The third-order valence-electron chi connectivity index (χ3n) is 2.39. The minimum absolute atomic E-state index is 0.0745. The minimum Gasteiger partial charge on any atom is -0.446 e. The van der Waals surface area contributed by atoms with Crippen molar-refractivity contribution in [2.45, 2.75) is 31.8 Å². The summed E-state index contributed by atoms with van der Waals surface area (Å²) >= 11 is 0. The van der Waals surface area contributed by atoms with Crippen molar-refractivity contribution in [1.29, 1.82) is 5.26 Å². The van der Waals surface area contributed by atoms with E-state index in [2.05, 4.69) is 0 Å². The van der Waals surface area contributed by atoms with Crippen molar-refractivity contribution in [3.63, 3.8) is 0 Å². The summed E-state index contributed by atoms with van der Waals surface area (Å²) < 4.78 is 4.92. The van der Waals surface area contributed by atoms with Crippen molar-refractivity contribution in [2.75, 3.05) is 0 Å². The van der Waals surface area contributed by atoms with Gasteiger partial charge >= 0.3 is 6.09 Å². The van der Waals surface area contributed by atoms with E-state index in [0.29, 0.717) is 5.92 Å². The van der Waals surface area contributed by atoms with Gasteiger partial charge in [-0.25, -0.2) is 4.79 Å². The van der Waals surface area contributed by atoms with E-state index in [-0.39, 0.29) is 6.10 Å². The minimum atomic E-state index is -0.708. The normalized spacial score (nSPS) is 27.1. The Bertz CT molecular complexity index is 268. The van der Waals surface area contributed by atoms with Crippen LogP contribution in [-0.2, 0) is 4.74 Å². The van der Waals surface area contributed by atoms with Gasteiger partial charge in [-0.1, -0.05) is 6.08 Å². The van der Waals surface area contributed by atoms with E-state index in [9.17, 15) is 4.79 Å². The molecule has 2 N–H and O–H groups in total. The zero-order valence-corrected chi connectivity index (χ0v) is 7.98. The lowest BCUT2D eigenvalue weighted by Gasteiger charge is -2.26. The second kappa shape index (κ2) is 5.28. The van der Waals surface area contributed by atoms with Crippen LogP contribution in [0.4, 0.5) is 4.79 Å². The van der Waals surface area contributed by atoms with Crippen molar-refractivity contribution >= 4 is 6.09 Å². The predicted molar refractivity (Wildman–Crippen MR) is 51.2 cm³/mol. The van der Waals surface area contributed by atoms with E-state index in [4.69, 9.17) is 15.7 Å². The molecule has 1 aliphatic rings. The van der Waals surface area contributed by atoms with E-state index < -0.39 is 6.09 Å². The van der Waals surface area contributed by atoms with Gasteiger partial charge in [-0.3, -0.25) is 0 Å². The van der Waals surface area contributed by atoms with Gasteiger partial charge < -0.3 is 10.5 Å². The molecular formula is C10H14N2O2. The third kappa shape index (κ3) is 3.48. The molecule has 2 atom stereocenters. The number of rotatable bonds is 2. The molecule has 0 saturated heterocycles.